The van der Waals surface area contributed by atoms with E-state index in [2.05, 4.69) is 15.7 Å². The summed E-state index contributed by atoms with van der Waals surface area (Å²) in [5.41, 5.74) is 1.49. The van der Waals surface area contributed by atoms with Crippen molar-refractivity contribution in [1.82, 2.24) is 20.0 Å². The molecule has 3 amide bonds. The summed E-state index contributed by atoms with van der Waals surface area (Å²) >= 11 is 0. The Hall–Kier alpha value is -4.48. The molecule has 0 radical (unpaired) electrons. The minimum absolute atomic E-state index is 0.0316. The van der Waals surface area contributed by atoms with Crippen molar-refractivity contribution in [3.63, 3.8) is 0 Å². The molecule has 1 heterocycles. The van der Waals surface area contributed by atoms with E-state index in [1.165, 1.54) is 28.8 Å². The van der Waals surface area contributed by atoms with Gasteiger partial charge >= 0.3 is 18.1 Å². The van der Waals surface area contributed by atoms with Gasteiger partial charge in [0.25, 0.3) is 0 Å². The highest BCUT2D eigenvalue weighted by atomic mass is 19.2. The lowest BCUT2D eigenvalue weighted by Gasteiger charge is -2.28. The number of hydrogen-bond acceptors (Lipinski definition) is 5. The van der Waals surface area contributed by atoms with E-state index in [1.807, 2.05) is 30.3 Å². The van der Waals surface area contributed by atoms with E-state index in [4.69, 9.17) is 9.84 Å². The molecule has 0 unspecified atom stereocenters. The van der Waals surface area contributed by atoms with Gasteiger partial charge in [-0.1, -0.05) is 42.5 Å². The van der Waals surface area contributed by atoms with Gasteiger partial charge in [0.1, 0.15) is 12.4 Å². The average molecular weight is 530 g/mol. The van der Waals surface area contributed by atoms with Crippen LogP contribution in [0.5, 0.6) is 0 Å². The van der Waals surface area contributed by atoms with Crippen LogP contribution in [0.3, 0.4) is 0 Å². The van der Waals surface area contributed by atoms with Crippen LogP contribution in [0.25, 0.3) is 11.3 Å². The zero-order valence-electron chi connectivity index (χ0n) is 21.0. The van der Waals surface area contributed by atoms with Crippen molar-refractivity contribution >= 4 is 23.9 Å². The molecule has 0 aliphatic rings. The zero-order chi connectivity index (χ0) is 27.7. The van der Waals surface area contributed by atoms with Gasteiger partial charge in [0.15, 0.2) is 11.6 Å². The lowest BCUT2D eigenvalue weighted by molar-refractivity contribution is -0.137. The summed E-state index contributed by atoms with van der Waals surface area (Å²) in [7, 11) is 3.10. The maximum absolute atomic E-state index is 13.9. The number of aryl methyl sites for hydroxylation is 1. The Morgan fingerprint density at radius 3 is 2.58 bits per heavy atom. The van der Waals surface area contributed by atoms with Gasteiger partial charge in [-0.3, -0.25) is 14.8 Å². The number of benzene rings is 2. The van der Waals surface area contributed by atoms with E-state index in [0.717, 1.165) is 11.6 Å². The highest BCUT2D eigenvalue weighted by Crippen LogP contribution is 2.21. The van der Waals surface area contributed by atoms with E-state index in [0.29, 0.717) is 11.5 Å². The quantitative estimate of drug-likeness (QED) is 0.339. The van der Waals surface area contributed by atoms with Crippen molar-refractivity contribution in [2.24, 2.45) is 7.05 Å². The van der Waals surface area contributed by atoms with Crippen LogP contribution < -0.4 is 10.6 Å². The Kier molecular flexibility index (Phi) is 9.74. The number of carboxylic acids is 1. The van der Waals surface area contributed by atoms with Crippen molar-refractivity contribution in [3.05, 3.63) is 71.8 Å². The van der Waals surface area contributed by atoms with Crippen molar-refractivity contribution in [1.29, 1.82) is 0 Å². The van der Waals surface area contributed by atoms with Crippen LogP contribution in [0.2, 0.25) is 0 Å². The molecule has 1 atom stereocenters. The number of carbonyl (C=O) groups excluding carboxylic acids is 2. The van der Waals surface area contributed by atoms with Gasteiger partial charge in [-0.25, -0.2) is 18.4 Å². The molecule has 0 aliphatic carbocycles. The van der Waals surface area contributed by atoms with Gasteiger partial charge in [-0.15, -0.1) is 0 Å². The fourth-order valence-electron chi connectivity index (χ4n) is 3.67. The Morgan fingerprint density at radius 1 is 1.13 bits per heavy atom. The third-order valence-electron chi connectivity index (χ3n) is 5.84. The Balaban J connectivity index is 1.60. The second kappa shape index (κ2) is 13.2. The van der Waals surface area contributed by atoms with Crippen LogP contribution >= 0.6 is 0 Å². The smallest absolute Gasteiger partial charge is 0.412 e. The Morgan fingerprint density at radius 2 is 1.87 bits per heavy atom. The average Bonchev–Trinajstić information content (AvgIpc) is 3.26. The number of aliphatic carboxylic acids is 1. The fourth-order valence-corrected chi connectivity index (χ4v) is 3.67. The maximum atomic E-state index is 13.9. The number of nitrogens with one attached hydrogen (secondary N) is 2. The molecule has 2 aromatic carbocycles. The molecule has 0 saturated carbocycles. The van der Waals surface area contributed by atoms with Crippen molar-refractivity contribution in [2.45, 2.75) is 31.8 Å². The molecule has 0 fully saturated rings. The minimum Gasteiger partial charge on any atom is -0.481 e. The summed E-state index contributed by atoms with van der Waals surface area (Å²) in [6.07, 6.45) is -0.471. The van der Waals surface area contributed by atoms with E-state index < -0.39 is 35.8 Å². The summed E-state index contributed by atoms with van der Waals surface area (Å²) in [5.74, 6) is -2.69. The highest BCUT2D eigenvalue weighted by Gasteiger charge is 2.23. The molecule has 0 spiro atoms. The number of likely N-dealkylation sites (N-methyl/N-ethyl adjacent to an activating group) is 1. The standard InChI is InChI=1S/C26H29F2N5O5/c1-32(25(36)29-15-18-10-6-12-20(27)24(18)28)19(11-7-13-23(34)35)16-38-26(37)30-22-14-21(31-33(22)2)17-8-4-3-5-9-17/h3-6,8-10,12,14,19H,7,11,13,15-16H2,1-2H3,(H,29,36)(H,30,37)(H,34,35)/t19-/m0/s1. The SMILES string of the molecule is CN(C(=O)NCc1cccc(F)c1F)[C@@H](CCCC(=O)O)COC(=O)Nc1cc(-c2ccccc2)nn1C. The van der Waals surface area contributed by atoms with E-state index in [-0.39, 0.29) is 38.0 Å². The number of carboxylic acid groups (broad SMARTS) is 1. The number of nitrogens with zero attached hydrogens (tertiary/aromatic N) is 3. The first-order chi connectivity index (χ1) is 18.2. The van der Waals surface area contributed by atoms with E-state index in [1.54, 1.807) is 13.1 Å². The number of rotatable bonds is 11. The predicted molar refractivity (Wildman–Crippen MR) is 135 cm³/mol. The molecule has 3 rings (SSSR count). The van der Waals surface area contributed by atoms with Crippen molar-refractivity contribution in [2.75, 3.05) is 19.0 Å². The van der Waals surface area contributed by atoms with Crippen molar-refractivity contribution < 1.29 is 33.0 Å². The number of anilines is 1. The van der Waals surface area contributed by atoms with Crippen LogP contribution in [-0.2, 0) is 23.1 Å². The molecule has 0 bridgehead atoms. The summed E-state index contributed by atoms with van der Waals surface area (Å²) in [5, 5.41) is 18.4. The summed E-state index contributed by atoms with van der Waals surface area (Å²) < 4.78 is 34.2. The van der Waals surface area contributed by atoms with Gasteiger partial charge in [-0.05, 0) is 18.9 Å². The number of carbonyl (C=O) groups is 3. The number of amides is 3. The highest BCUT2D eigenvalue weighted by molar-refractivity contribution is 5.84. The molecule has 0 saturated heterocycles. The molecule has 0 aliphatic heterocycles. The third kappa shape index (κ3) is 7.76. The second-order valence-corrected chi connectivity index (χ2v) is 8.55. The maximum Gasteiger partial charge on any atom is 0.412 e. The van der Waals surface area contributed by atoms with Gasteiger partial charge in [0, 0.05) is 44.3 Å². The molecular weight excluding hydrogens is 500 g/mol. The number of aromatic nitrogens is 2. The van der Waals surface area contributed by atoms with Gasteiger partial charge in [0.05, 0.1) is 11.7 Å². The first kappa shape index (κ1) is 28.1. The minimum atomic E-state index is -1.06. The van der Waals surface area contributed by atoms with Gasteiger partial charge in [-0.2, -0.15) is 5.10 Å². The summed E-state index contributed by atoms with van der Waals surface area (Å²) in [4.78, 5) is 37.4. The third-order valence-corrected chi connectivity index (χ3v) is 5.84. The van der Waals surface area contributed by atoms with Crippen LogP contribution in [0.1, 0.15) is 24.8 Å². The molecular formula is C26H29F2N5O5. The normalized spacial score (nSPS) is 11.5. The summed E-state index contributed by atoms with van der Waals surface area (Å²) in [6.45, 7) is -0.493. The lowest BCUT2D eigenvalue weighted by atomic mass is 10.1. The Bertz CT molecular complexity index is 1270. The molecule has 3 N–H and O–H groups in total. The van der Waals surface area contributed by atoms with Crippen LogP contribution in [0, 0.1) is 11.6 Å². The van der Waals surface area contributed by atoms with E-state index in [9.17, 15) is 23.2 Å². The molecule has 38 heavy (non-hydrogen) atoms. The second-order valence-electron chi connectivity index (χ2n) is 8.55. The molecule has 10 nitrogen and oxygen atoms in total. The van der Waals surface area contributed by atoms with Crippen molar-refractivity contribution in [3.8, 4) is 11.3 Å². The molecule has 3 aromatic rings. The first-order valence-corrected chi connectivity index (χ1v) is 11.8. The summed E-state index contributed by atoms with van der Waals surface area (Å²) in [6, 6.07) is 13.4. The van der Waals surface area contributed by atoms with Crippen LogP contribution in [0.15, 0.2) is 54.6 Å². The largest absolute Gasteiger partial charge is 0.481 e. The van der Waals surface area contributed by atoms with Crippen LogP contribution in [-0.4, -0.2) is 57.6 Å². The Labute approximate surface area is 218 Å². The number of hydrogen-bond donors (Lipinski definition) is 3. The number of urea groups is 1. The van der Waals surface area contributed by atoms with E-state index >= 15 is 0 Å². The number of ether oxygens (including phenoxy) is 1. The number of halogens is 2. The predicted octanol–water partition coefficient (Wildman–Crippen LogP) is 4.38. The lowest BCUT2D eigenvalue weighted by Crippen LogP contribution is -2.46. The fraction of sp³-hybridized carbons (Fsp3) is 0.308. The molecule has 202 valence electrons. The topological polar surface area (TPSA) is 126 Å². The molecule has 12 heteroatoms. The zero-order valence-corrected chi connectivity index (χ0v) is 21.0. The monoisotopic (exact) mass is 529 g/mol. The molecule has 1 aromatic heterocycles. The van der Waals surface area contributed by atoms with Crippen LogP contribution in [0.4, 0.5) is 24.2 Å². The van der Waals surface area contributed by atoms with Gasteiger partial charge < -0.3 is 20.1 Å². The first-order valence-electron chi connectivity index (χ1n) is 11.8. The van der Waals surface area contributed by atoms with Gasteiger partial charge in [0.2, 0.25) is 0 Å².